The highest BCUT2D eigenvalue weighted by atomic mass is 16.5. The maximum absolute atomic E-state index is 11.5. The van der Waals surface area contributed by atoms with Crippen LogP contribution in [0.3, 0.4) is 0 Å². The van der Waals surface area contributed by atoms with E-state index in [1.54, 1.807) is 0 Å². The Morgan fingerprint density at radius 1 is 1.40 bits per heavy atom. The molecule has 0 heterocycles. The molecule has 0 amide bonds. The van der Waals surface area contributed by atoms with Gasteiger partial charge in [0.05, 0.1) is 13.2 Å². The Kier molecular flexibility index (Phi) is 6.05. The molecule has 25 heavy (non-hydrogen) atoms. The number of methoxy groups -OCH3 is 1. The van der Waals surface area contributed by atoms with Gasteiger partial charge in [0.1, 0.15) is 6.10 Å². The third kappa shape index (κ3) is 3.66. The van der Waals surface area contributed by atoms with Crippen LogP contribution in [0.25, 0.3) is 0 Å². The number of carbonyl (C=O) groups is 1. The smallest absolute Gasteiger partial charge is 0.305 e. The van der Waals surface area contributed by atoms with E-state index in [1.165, 1.54) is 7.11 Å². The van der Waals surface area contributed by atoms with Crippen molar-refractivity contribution in [1.29, 1.82) is 0 Å². The quantitative estimate of drug-likeness (QED) is 0.585. The molecule has 0 aromatic heterocycles. The zero-order valence-electron chi connectivity index (χ0n) is 16.5. The zero-order valence-corrected chi connectivity index (χ0v) is 16.5. The van der Waals surface area contributed by atoms with Crippen molar-refractivity contribution in [1.82, 2.24) is 0 Å². The van der Waals surface area contributed by atoms with E-state index < -0.39 is 12.2 Å². The van der Waals surface area contributed by atoms with E-state index in [9.17, 15) is 15.0 Å². The zero-order chi connectivity index (χ0) is 19.0. The van der Waals surface area contributed by atoms with Crippen LogP contribution in [0, 0.1) is 28.6 Å². The van der Waals surface area contributed by atoms with Crippen LogP contribution in [0.2, 0.25) is 0 Å². The lowest BCUT2D eigenvalue weighted by Gasteiger charge is -2.60. The van der Waals surface area contributed by atoms with Gasteiger partial charge in [0.2, 0.25) is 0 Å². The molecule has 2 aliphatic rings. The van der Waals surface area contributed by atoms with Crippen molar-refractivity contribution in [3.63, 3.8) is 0 Å². The number of aliphatic hydroxyl groups is 2. The molecule has 0 saturated heterocycles. The molecule has 7 atom stereocenters. The minimum Gasteiger partial charge on any atom is -0.469 e. The highest BCUT2D eigenvalue weighted by Crippen LogP contribution is 2.62. The summed E-state index contributed by atoms with van der Waals surface area (Å²) < 4.78 is 4.79. The standard InChI is InChI=1S/C21H36O4/c1-13(11-18(23)25-6)7-9-20(4)14(2)8-10-21(5)15(3)19(24)16(22)12-17(20)21/h13-14,16-17,19,22,24H,3,7-12H2,1-2,4-6H3. The van der Waals surface area contributed by atoms with E-state index >= 15 is 0 Å². The van der Waals surface area contributed by atoms with Gasteiger partial charge >= 0.3 is 5.97 Å². The van der Waals surface area contributed by atoms with Crippen molar-refractivity contribution in [3.05, 3.63) is 12.2 Å². The molecular weight excluding hydrogens is 316 g/mol. The first-order valence-electron chi connectivity index (χ1n) is 9.68. The molecular formula is C21H36O4. The molecule has 2 rings (SSSR count). The molecule has 2 fully saturated rings. The molecule has 144 valence electrons. The molecule has 4 heteroatoms. The largest absolute Gasteiger partial charge is 0.469 e. The summed E-state index contributed by atoms with van der Waals surface area (Å²) in [6, 6.07) is 0. The minimum atomic E-state index is -0.808. The number of hydrogen-bond acceptors (Lipinski definition) is 4. The first-order chi connectivity index (χ1) is 11.6. The summed E-state index contributed by atoms with van der Waals surface area (Å²) in [4.78, 5) is 11.5. The predicted molar refractivity (Wildman–Crippen MR) is 98.9 cm³/mol. The van der Waals surface area contributed by atoms with Crippen molar-refractivity contribution in [3.8, 4) is 0 Å². The lowest BCUT2D eigenvalue weighted by Crippen LogP contribution is -2.56. The van der Waals surface area contributed by atoms with Gasteiger partial charge in [-0.15, -0.1) is 0 Å². The van der Waals surface area contributed by atoms with Crippen LogP contribution in [0.15, 0.2) is 12.2 Å². The van der Waals surface area contributed by atoms with Crippen LogP contribution >= 0.6 is 0 Å². The third-order valence-electron chi connectivity index (χ3n) is 7.64. The fraction of sp³-hybridized carbons (Fsp3) is 0.857. The molecule has 0 aromatic rings. The van der Waals surface area contributed by atoms with Crippen molar-refractivity contribution in [2.45, 2.75) is 78.4 Å². The van der Waals surface area contributed by atoms with Gasteiger partial charge in [-0.3, -0.25) is 4.79 Å². The molecule has 0 bridgehead atoms. The van der Waals surface area contributed by atoms with Gasteiger partial charge in [0.25, 0.3) is 0 Å². The Bertz CT molecular complexity index is 516. The van der Waals surface area contributed by atoms with E-state index in [-0.39, 0.29) is 22.7 Å². The van der Waals surface area contributed by atoms with Crippen molar-refractivity contribution < 1.29 is 19.7 Å². The van der Waals surface area contributed by atoms with Crippen molar-refractivity contribution in [2.75, 3.05) is 7.11 Å². The van der Waals surface area contributed by atoms with Crippen LogP contribution in [-0.4, -0.2) is 35.5 Å². The molecule has 0 radical (unpaired) electrons. The van der Waals surface area contributed by atoms with E-state index in [0.29, 0.717) is 24.7 Å². The Labute approximate surface area is 152 Å². The molecule has 4 nitrogen and oxygen atoms in total. The van der Waals surface area contributed by atoms with Gasteiger partial charge < -0.3 is 14.9 Å². The monoisotopic (exact) mass is 352 g/mol. The number of rotatable bonds is 5. The lowest BCUT2D eigenvalue weighted by atomic mass is 9.45. The summed E-state index contributed by atoms with van der Waals surface area (Å²) in [6.07, 6.45) is 3.67. The Morgan fingerprint density at radius 2 is 2.04 bits per heavy atom. The maximum Gasteiger partial charge on any atom is 0.305 e. The number of fused-ring (bicyclic) bond motifs is 1. The van der Waals surface area contributed by atoms with E-state index in [1.807, 2.05) is 0 Å². The topological polar surface area (TPSA) is 66.8 Å². The second kappa shape index (κ2) is 7.40. The summed E-state index contributed by atoms with van der Waals surface area (Å²) in [5, 5.41) is 20.7. The Hall–Kier alpha value is -0.870. The fourth-order valence-electron chi connectivity index (χ4n) is 5.39. The number of ether oxygens (including phenoxy) is 1. The summed E-state index contributed by atoms with van der Waals surface area (Å²) in [6.45, 7) is 13.1. The SMILES string of the molecule is C=C1C(O)C(O)CC2C1(C)CCC(C)C2(C)CCC(C)CC(=O)OC. The molecule has 2 saturated carbocycles. The Morgan fingerprint density at radius 3 is 2.64 bits per heavy atom. The van der Waals surface area contributed by atoms with Gasteiger partial charge in [-0.05, 0) is 66.3 Å². The average Bonchev–Trinajstić information content (AvgIpc) is 2.57. The second-order valence-corrected chi connectivity index (χ2v) is 9.11. The number of esters is 1. The summed E-state index contributed by atoms with van der Waals surface area (Å²) >= 11 is 0. The first-order valence-corrected chi connectivity index (χ1v) is 9.68. The van der Waals surface area contributed by atoms with Gasteiger partial charge in [-0.25, -0.2) is 0 Å². The lowest BCUT2D eigenvalue weighted by molar-refractivity contribution is -0.142. The molecule has 2 N–H and O–H groups in total. The maximum atomic E-state index is 11.5. The van der Waals surface area contributed by atoms with Crippen LogP contribution in [0.5, 0.6) is 0 Å². The summed E-state index contributed by atoms with van der Waals surface area (Å²) in [7, 11) is 1.44. The van der Waals surface area contributed by atoms with Gasteiger partial charge in [0.15, 0.2) is 0 Å². The number of hydrogen-bond donors (Lipinski definition) is 2. The van der Waals surface area contributed by atoms with Crippen LogP contribution in [0.4, 0.5) is 0 Å². The fourth-order valence-corrected chi connectivity index (χ4v) is 5.39. The van der Waals surface area contributed by atoms with Gasteiger partial charge in [-0.2, -0.15) is 0 Å². The normalized spacial score (nSPS) is 42.6. The number of carbonyl (C=O) groups excluding carboxylic acids is 1. The van der Waals surface area contributed by atoms with Crippen molar-refractivity contribution in [2.24, 2.45) is 28.6 Å². The predicted octanol–water partition coefficient (Wildman–Crippen LogP) is 3.71. The number of aliphatic hydroxyl groups excluding tert-OH is 2. The van der Waals surface area contributed by atoms with Crippen LogP contribution < -0.4 is 0 Å². The van der Waals surface area contributed by atoms with E-state index in [2.05, 4.69) is 34.3 Å². The van der Waals surface area contributed by atoms with Crippen molar-refractivity contribution >= 4 is 5.97 Å². The van der Waals surface area contributed by atoms with Crippen LogP contribution in [-0.2, 0) is 9.53 Å². The minimum absolute atomic E-state index is 0.0709. The summed E-state index contributed by atoms with van der Waals surface area (Å²) in [5.74, 6) is 0.988. The van der Waals surface area contributed by atoms with Crippen LogP contribution in [0.1, 0.15) is 66.2 Å². The van der Waals surface area contributed by atoms with E-state index in [0.717, 1.165) is 31.3 Å². The average molecular weight is 353 g/mol. The molecule has 0 aromatic carbocycles. The van der Waals surface area contributed by atoms with E-state index in [4.69, 9.17) is 4.74 Å². The third-order valence-corrected chi connectivity index (χ3v) is 7.64. The molecule has 0 spiro atoms. The van der Waals surface area contributed by atoms with Gasteiger partial charge in [0, 0.05) is 6.42 Å². The molecule has 0 aliphatic heterocycles. The molecule has 7 unspecified atom stereocenters. The van der Waals surface area contributed by atoms with Gasteiger partial charge in [-0.1, -0.05) is 34.3 Å². The first kappa shape index (κ1) is 20.4. The summed E-state index contributed by atoms with van der Waals surface area (Å²) in [5.41, 5.74) is 0.754. The highest BCUT2D eigenvalue weighted by molar-refractivity contribution is 5.69. The second-order valence-electron chi connectivity index (χ2n) is 9.11. The highest BCUT2D eigenvalue weighted by Gasteiger charge is 2.57. The Balaban J connectivity index is 2.18. The molecule has 2 aliphatic carbocycles.